The number of halogens is 2. The number of anilines is 1. The largest absolute Gasteiger partial charge is 0.362 e. The predicted octanol–water partition coefficient (Wildman–Crippen LogP) is 3.18. The van der Waals surface area contributed by atoms with Crippen molar-refractivity contribution in [1.29, 1.82) is 0 Å². The van der Waals surface area contributed by atoms with Gasteiger partial charge in [0.2, 0.25) is 0 Å². The van der Waals surface area contributed by atoms with Crippen LogP contribution in [0.25, 0.3) is 0 Å². The average Bonchev–Trinajstić information content (AvgIpc) is 2.20. The number of rotatable bonds is 3. The smallest absolute Gasteiger partial charge is 0.170 e. The van der Waals surface area contributed by atoms with Gasteiger partial charge in [-0.05, 0) is 36.8 Å². The summed E-state index contributed by atoms with van der Waals surface area (Å²) >= 11 is 10.5. The first-order valence-corrected chi connectivity index (χ1v) is 5.42. The highest BCUT2D eigenvalue weighted by molar-refractivity contribution is 7.80. The van der Waals surface area contributed by atoms with Gasteiger partial charge < -0.3 is 10.6 Å². The number of hydrogen-bond acceptors (Lipinski definition) is 1. The van der Waals surface area contributed by atoms with Crippen molar-refractivity contribution in [1.82, 2.24) is 5.32 Å². The van der Waals surface area contributed by atoms with Crippen LogP contribution in [0.1, 0.15) is 13.3 Å². The Kier molecular flexibility index (Phi) is 4.78. The van der Waals surface area contributed by atoms with Crippen molar-refractivity contribution in [2.24, 2.45) is 0 Å². The third-order valence-corrected chi connectivity index (χ3v) is 2.27. The van der Waals surface area contributed by atoms with Crippen LogP contribution in [0.2, 0.25) is 5.02 Å². The Balaban J connectivity index is 2.57. The summed E-state index contributed by atoms with van der Waals surface area (Å²) in [7, 11) is 0. The Morgan fingerprint density at radius 3 is 2.87 bits per heavy atom. The minimum Gasteiger partial charge on any atom is -0.362 e. The number of hydrogen-bond donors (Lipinski definition) is 2. The molecular weight excluding hydrogens is 235 g/mol. The van der Waals surface area contributed by atoms with Crippen LogP contribution in [0.4, 0.5) is 10.1 Å². The van der Waals surface area contributed by atoms with E-state index in [-0.39, 0.29) is 5.02 Å². The van der Waals surface area contributed by atoms with E-state index in [1.54, 1.807) is 6.07 Å². The minimum absolute atomic E-state index is 0.105. The van der Waals surface area contributed by atoms with Gasteiger partial charge in [-0.3, -0.25) is 0 Å². The summed E-state index contributed by atoms with van der Waals surface area (Å²) in [4.78, 5) is 0. The maximum Gasteiger partial charge on any atom is 0.170 e. The third kappa shape index (κ3) is 4.01. The second-order valence-corrected chi connectivity index (χ2v) is 3.83. The van der Waals surface area contributed by atoms with E-state index in [0.717, 1.165) is 13.0 Å². The van der Waals surface area contributed by atoms with Gasteiger partial charge >= 0.3 is 0 Å². The molecule has 0 spiro atoms. The van der Waals surface area contributed by atoms with Gasteiger partial charge in [0.15, 0.2) is 5.11 Å². The van der Waals surface area contributed by atoms with Crippen molar-refractivity contribution < 1.29 is 4.39 Å². The van der Waals surface area contributed by atoms with Crippen LogP contribution in [0.3, 0.4) is 0 Å². The molecule has 1 aromatic carbocycles. The molecule has 5 heteroatoms. The van der Waals surface area contributed by atoms with E-state index in [1.807, 2.05) is 6.92 Å². The highest BCUT2D eigenvalue weighted by Gasteiger charge is 2.01. The molecule has 0 aliphatic rings. The van der Waals surface area contributed by atoms with Gasteiger partial charge in [0.25, 0.3) is 0 Å². The molecule has 0 saturated carbocycles. The number of nitrogens with one attached hydrogen (secondary N) is 2. The summed E-state index contributed by atoms with van der Waals surface area (Å²) in [6, 6.07) is 4.47. The fourth-order valence-corrected chi connectivity index (χ4v) is 1.33. The van der Waals surface area contributed by atoms with Crippen LogP contribution < -0.4 is 10.6 Å². The van der Waals surface area contributed by atoms with Crippen LogP contribution in [0.5, 0.6) is 0 Å². The molecule has 0 aromatic heterocycles. The predicted molar refractivity (Wildman–Crippen MR) is 65.9 cm³/mol. The molecule has 0 fully saturated rings. The van der Waals surface area contributed by atoms with Gasteiger partial charge in [-0.15, -0.1) is 0 Å². The van der Waals surface area contributed by atoms with Gasteiger partial charge in [0, 0.05) is 12.2 Å². The van der Waals surface area contributed by atoms with Crippen LogP contribution in [0.15, 0.2) is 18.2 Å². The fourth-order valence-electron chi connectivity index (χ4n) is 0.988. The van der Waals surface area contributed by atoms with E-state index >= 15 is 0 Å². The van der Waals surface area contributed by atoms with Crippen molar-refractivity contribution in [3.8, 4) is 0 Å². The van der Waals surface area contributed by atoms with Crippen molar-refractivity contribution >= 4 is 34.6 Å². The lowest BCUT2D eigenvalue weighted by Crippen LogP contribution is -2.28. The summed E-state index contributed by atoms with van der Waals surface area (Å²) in [6.07, 6.45) is 0.983. The second kappa shape index (κ2) is 5.88. The lowest BCUT2D eigenvalue weighted by molar-refractivity contribution is 0.629. The van der Waals surface area contributed by atoms with Gasteiger partial charge in [0.1, 0.15) is 5.82 Å². The molecule has 0 atom stereocenters. The molecule has 0 aliphatic heterocycles. The van der Waals surface area contributed by atoms with E-state index in [2.05, 4.69) is 10.6 Å². The summed E-state index contributed by atoms with van der Waals surface area (Å²) in [5, 5.41) is 6.44. The molecule has 2 nitrogen and oxygen atoms in total. The monoisotopic (exact) mass is 246 g/mol. The first-order valence-electron chi connectivity index (χ1n) is 4.63. The first-order chi connectivity index (χ1) is 7.13. The molecule has 2 N–H and O–H groups in total. The molecule has 0 heterocycles. The molecule has 0 bridgehead atoms. The highest BCUT2D eigenvalue weighted by Crippen LogP contribution is 2.18. The zero-order valence-corrected chi connectivity index (χ0v) is 9.88. The third-order valence-electron chi connectivity index (χ3n) is 1.71. The topological polar surface area (TPSA) is 24.1 Å². The van der Waals surface area contributed by atoms with Crippen molar-refractivity contribution in [3.63, 3.8) is 0 Å². The molecule has 1 aromatic rings. The van der Waals surface area contributed by atoms with Gasteiger partial charge in [-0.25, -0.2) is 4.39 Å². The SMILES string of the molecule is CCCNC(=S)Nc1ccc(Cl)c(F)c1. The van der Waals surface area contributed by atoms with E-state index in [1.165, 1.54) is 12.1 Å². The lowest BCUT2D eigenvalue weighted by Gasteiger charge is -2.09. The molecule has 0 aliphatic carbocycles. The van der Waals surface area contributed by atoms with Crippen molar-refractivity contribution in [3.05, 3.63) is 29.0 Å². The molecule has 1 rings (SSSR count). The molecular formula is C10H12ClFN2S. The number of benzene rings is 1. The van der Waals surface area contributed by atoms with Crippen LogP contribution in [0, 0.1) is 5.82 Å². The van der Waals surface area contributed by atoms with Crippen molar-refractivity contribution in [2.45, 2.75) is 13.3 Å². The normalized spacial score (nSPS) is 9.80. The molecule has 82 valence electrons. The fraction of sp³-hybridized carbons (Fsp3) is 0.300. The zero-order chi connectivity index (χ0) is 11.3. The summed E-state index contributed by atoms with van der Waals surface area (Å²) in [6.45, 7) is 2.83. The molecule has 0 radical (unpaired) electrons. The number of thiocarbonyl (C=S) groups is 1. The van der Waals surface area contributed by atoms with E-state index in [4.69, 9.17) is 23.8 Å². The van der Waals surface area contributed by atoms with Gasteiger partial charge in [0.05, 0.1) is 5.02 Å². The Morgan fingerprint density at radius 2 is 2.27 bits per heavy atom. The average molecular weight is 247 g/mol. The zero-order valence-electron chi connectivity index (χ0n) is 8.31. The van der Waals surface area contributed by atoms with Crippen LogP contribution in [-0.4, -0.2) is 11.7 Å². The minimum atomic E-state index is -0.458. The second-order valence-electron chi connectivity index (χ2n) is 3.01. The summed E-state index contributed by atoms with van der Waals surface area (Å²) in [5.74, 6) is -0.458. The highest BCUT2D eigenvalue weighted by atomic mass is 35.5. The van der Waals surface area contributed by atoms with Crippen LogP contribution in [-0.2, 0) is 0 Å². The van der Waals surface area contributed by atoms with E-state index in [0.29, 0.717) is 10.8 Å². The first kappa shape index (κ1) is 12.2. The maximum absolute atomic E-state index is 13.0. The Morgan fingerprint density at radius 1 is 1.53 bits per heavy atom. The van der Waals surface area contributed by atoms with Gasteiger partial charge in [-0.1, -0.05) is 18.5 Å². The molecule has 0 amide bonds. The Bertz CT molecular complexity index is 357. The molecule has 0 saturated heterocycles. The standard InChI is InChI=1S/C10H12ClFN2S/c1-2-5-13-10(15)14-7-3-4-8(11)9(12)6-7/h3-4,6H,2,5H2,1H3,(H2,13,14,15). The quantitative estimate of drug-likeness (QED) is 0.801. The summed E-state index contributed by atoms with van der Waals surface area (Å²) < 4.78 is 13.0. The Labute approximate surface area is 98.8 Å². The van der Waals surface area contributed by atoms with E-state index < -0.39 is 5.82 Å². The lowest BCUT2D eigenvalue weighted by atomic mass is 10.3. The Hall–Kier alpha value is -0.870. The maximum atomic E-state index is 13.0. The van der Waals surface area contributed by atoms with Crippen molar-refractivity contribution in [2.75, 3.05) is 11.9 Å². The summed E-state index contributed by atoms with van der Waals surface area (Å²) in [5.41, 5.74) is 0.588. The van der Waals surface area contributed by atoms with Crippen LogP contribution >= 0.6 is 23.8 Å². The molecule has 0 unspecified atom stereocenters. The van der Waals surface area contributed by atoms with Gasteiger partial charge in [-0.2, -0.15) is 0 Å². The van der Waals surface area contributed by atoms with E-state index in [9.17, 15) is 4.39 Å². The molecule has 15 heavy (non-hydrogen) atoms.